The summed E-state index contributed by atoms with van der Waals surface area (Å²) in [7, 11) is 1.93. The van der Waals surface area contributed by atoms with Gasteiger partial charge in [-0.1, -0.05) is 25.1 Å². The molecule has 5 nitrogen and oxygen atoms in total. The summed E-state index contributed by atoms with van der Waals surface area (Å²) < 4.78 is 7.49. The Morgan fingerprint density at radius 1 is 1.30 bits per heavy atom. The monoisotopic (exact) mass is 315 g/mol. The number of benzene rings is 1. The third-order valence-corrected chi connectivity index (χ3v) is 4.07. The van der Waals surface area contributed by atoms with Crippen LogP contribution in [0.15, 0.2) is 24.3 Å². The zero-order valence-corrected chi connectivity index (χ0v) is 14.3. The summed E-state index contributed by atoms with van der Waals surface area (Å²) in [4.78, 5) is 11.9. The largest absolute Gasteiger partial charge is 0.483 e. The molecule has 0 aliphatic heterocycles. The van der Waals surface area contributed by atoms with Crippen molar-refractivity contribution in [2.24, 2.45) is 7.05 Å². The summed E-state index contributed by atoms with van der Waals surface area (Å²) in [5.41, 5.74) is 4.48. The van der Waals surface area contributed by atoms with Gasteiger partial charge in [-0.25, -0.2) is 0 Å². The Kier molecular flexibility index (Phi) is 5.79. The van der Waals surface area contributed by atoms with Gasteiger partial charge < -0.3 is 10.1 Å². The first-order valence-electron chi connectivity index (χ1n) is 7.99. The molecule has 1 aromatic heterocycles. The molecular formula is C18H25N3O2. The van der Waals surface area contributed by atoms with Crippen LogP contribution in [0.25, 0.3) is 0 Å². The summed E-state index contributed by atoms with van der Waals surface area (Å²) in [5.74, 6) is 0.680. The normalized spacial score (nSPS) is 10.6. The predicted octanol–water partition coefficient (Wildman–Crippen LogP) is 2.34. The number of aryl methyl sites for hydroxylation is 3. The molecule has 0 aliphatic carbocycles. The van der Waals surface area contributed by atoms with Gasteiger partial charge in [0.1, 0.15) is 5.75 Å². The number of nitrogens with zero attached hydrogens (tertiary/aromatic N) is 2. The van der Waals surface area contributed by atoms with Crippen molar-refractivity contribution in [3.63, 3.8) is 0 Å². The number of ether oxygens (including phenoxy) is 1. The van der Waals surface area contributed by atoms with E-state index in [1.807, 2.05) is 49.8 Å². The number of hydrogen-bond donors (Lipinski definition) is 1. The van der Waals surface area contributed by atoms with E-state index >= 15 is 0 Å². The van der Waals surface area contributed by atoms with Crippen molar-refractivity contribution in [1.82, 2.24) is 15.1 Å². The topological polar surface area (TPSA) is 56.1 Å². The smallest absolute Gasteiger partial charge is 0.257 e. The van der Waals surface area contributed by atoms with Gasteiger partial charge >= 0.3 is 0 Å². The lowest BCUT2D eigenvalue weighted by atomic mass is 10.1. The molecule has 0 fully saturated rings. The summed E-state index contributed by atoms with van der Waals surface area (Å²) in [6.45, 7) is 6.74. The van der Waals surface area contributed by atoms with Gasteiger partial charge in [-0.3, -0.25) is 9.48 Å². The average molecular weight is 315 g/mol. The summed E-state index contributed by atoms with van der Waals surface area (Å²) in [5, 5.41) is 7.28. The second-order valence-corrected chi connectivity index (χ2v) is 5.62. The molecular weight excluding hydrogens is 290 g/mol. The maximum atomic E-state index is 11.9. The molecule has 2 rings (SSSR count). The van der Waals surface area contributed by atoms with Gasteiger partial charge in [0.2, 0.25) is 0 Å². The lowest BCUT2D eigenvalue weighted by Crippen LogP contribution is -2.30. The third kappa shape index (κ3) is 4.34. The van der Waals surface area contributed by atoms with Crippen molar-refractivity contribution in [2.45, 2.75) is 33.6 Å². The van der Waals surface area contributed by atoms with Crippen LogP contribution in [0.2, 0.25) is 0 Å². The van der Waals surface area contributed by atoms with E-state index in [1.54, 1.807) is 0 Å². The molecule has 1 heterocycles. The highest BCUT2D eigenvalue weighted by Crippen LogP contribution is 2.18. The molecule has 23 heavy (non-hydrogen) atoms. The van der Waals surface area contributed by atoms with Gasteiger partial charge in [0.15, 0.2) is 6.61 Å². The highest BCUT2D eigenvalue weighted by Gasteiger charge is 2.10. The molecule has 0 spiro atoms. The fourth-order valence-corrected chi connectivity index (χ4v) is 2.64. The van der Waals surface area contributed by atoms with Crippen LogP contribution in [0.4, 0.5) is 0 Å². The highest BCUT2D eigenvalue weighted by molar-refractivity contribution is 5.77. The number of carbonyl (C=O) groups is 1. The molecule has 1 N–H and O–H groups in total. The first-order chi connectivity index (χ1) is 11.0. The summed E-state index contributed by atoms with van der Waals surface area (Å²) >= 11 is 0. The predicted molar refractivity (Wildman–Crippen MR) is 90.7 cm³/mol. The van der Waals surface area contributed by atoms with E-state index < -0.39 is 0 Å². The molecule has 0 radical (unpaired) electrons. The van der Waals surface area contributed by atoms with Crippen LogP contribution >= 0.6 is 0 Å². The standard InChI is InChI=1S/C18H25N3O2/c1-5-15-8-6-7-9-17(15)23-12-18(22)19-11-10-16-13(2)20-21(4)14(16)3/h6-9H,5,10-12H2,1-4H3,(H,19,22). The van der Waals surface area contributed by atoms with Gasteiger partial charge in [-0.05, 0) is 43.9 Å². The molecule has 1 amide bonds. The molecule has 0 saturated heterocycles. The number of amides is 1. The van der Waals surface area contributed by atoms with E-state index in [1.165, 1.54) is 5.56 Å². The Hall–Kier alpha value is -2.30. The maximum absolute atomic E-state index is 11.9. The molecule has 2 aromatic rings. The number of hydrogen-bond acceptors (Lipinski definition) is 3. The van der Waals surface area contributed by atoms with Gasteiger partial charge in [-0.2, -0.15) is 5.10 Å². The fourth-order valence-electron chi connectivity index (χ4n) is 2.64. The van der Waals surface area contributed by atoms with Crippen LogP contribution in [0.1, 0.15) is 29.4 Å². The minimum atomic E-state index is -0.102. The summed E-state index contributed by atoms with van der Waals surface area (Å²) in [6.07, 6.45) is 1.67. The van der Waals surface area contributed by atoms with Crippen LogP contribution in [0, 0.1) is 13.8 Å². The second-order valence-electron chi connectivity index (χ2n) is 5.62. The number of carbonyl (C=O) groups excluding carboxylic acids is 1. The van der Waals surface area contributed by atoms with Crippen molar-refractivity contribution < 1.29 is 9.53 Å². The van der Waals surface area contributed by atoms with E-state index in [2.05, 4.69) is 17.3 Å². The fraction of sp³-hybridized carbons (Fsp3) is 0.444. The quantitative estimate of drug-likeness (QED) is 0.853. The molecule has 5 heteroatoms. The number of para-hydroxylation sites is 1. The van der Waals surface area contributed by atoms with E-state index in [0.29, 0.717) is 6.54 Å². The molecule has 0 saturated carbocycles. The van der Waals surface area contributed by atoms with Crippen LogP contribution in [0.5, 0.6) is 5.75 Å². The van der Waals surface area contributed by atoms with Crippen LogP contribution < -0.4 is 10.1 Å². The number of nitrogens with one attached hydrogen (secondary N) is 1. The van der Waals surface area contributed by atoms with Gasteiger partial charge in [0, 0.05) is 19.3 Å². The van der Waals surface area contributed by atoms with Crippen LogP contribution in [0.3, 0.4) is 0 Å². The zero-order valence-electron chi connectivity index (χ0n) is 14.3. The number of rotatable bonds is 7. The van der Waals surface area contributed by atoms with E-state index in [0.717, 1.165) is 35.5 Å². The first kappa shape index (κ1) is 17.1. The van der Waals surface area contributed by atoms with Gasteiger partial charge in [0.25, 0.3) is 5.91 Å². The molecule has 0 atom stereocenters. The van der Waals surface area contributed by atoms with Crippen molar-refractivity contribution in [1.29, 1.82) is 0 Å². The van der Waals surface area contributed by atoms with Crippen molar-refractivity contribution in [3.05, 3.63) is 46.8 Å². The maximum Gasteiger partial charge on any atom is 0.257 e. The SMILES string of the molecule is CCc1ccccc1OCC(=O)NCCc1c(C)nn(C)c1C. The summed E-state index contributed by atoms with van der Waals surface area (Å²) in [6, 6.07) is 7.81. The number of aromatic nitrogens is 2. The third-order valence-electron chi connectivity index (χ3n) is 4.07. The minimum Gasteiger partial charge on any atom is -0.483 e. The Morgan fingerprint density at radius 2 is 2.04 bits per heavy atom. The second kappa shape index (κ2) is 7.81. The molecule has 1 aromatic carbocycles. The Morgan fingerprint density at radius 3 is 2.70 bits per heavy atom. The minimum absolute atomic E-state index is 0.0437. The average Bonchev–Trinajstić information content (AvgIpc) is 2.79. The van der Waals surface area contributed by atoms with Crippen molar-refractivity contribution in [2.75, 3.05) is 13.2 Å². The zero-order chi connectivity index (χ0) is 16.8. The Balaban J connectivity index is 1.79. The molecule has 0 unspecified atom stereocenters. The molecule has 0 bridgehead atoms. The Labute approximate surface area is 137 Å². The van der Waals surface area contributed by atoms with Gasteiger partial charge in [-0.15, -0.1) is 0 Å². The lowest BCUT2D eigenvalue weighted by Gasteiger charge is -2.10. The van der Waals surface area contributed by atoms with Crippen molar-refractivity contribution in [3.8, 4) is 5.75 Å². The first-order valence-corrected chi connectivity index (χ1v) is 7.99. The lowest BCUT2D eigenvalue weighted by molar-refractivity contribution is -0.123. The molecule has 124 valence electrons. The van der Waals surface area contributed by atoms with Gasteiger partial charge in [0.05, 0.1) is 5.69 Å². The van der Waals surface area contributed by atoms with E-state index in [9.17, 15) is 4.79 Å². The van der Waals surface area contributed by atoms with E-state index in [-0.39, 0.29) is 12.5 Å². The highest BCUT2D eigenvalue weighted by atomic mass is 16.5. The van der Waals surface area contributed by atoms with E-state index in [4.69, 9.17) is 4.74 Å². The van der Waals surface area contributed by atoms with Crippen LogP contribution in [-0.4, -0.2) is 28.8 Å². The van der Waals surface area contributed by atoms with Crippen molar-refractivity contribution >= 4 is 5.91 Å². The van der Waals surface area contributed by atoms with Crippen LogP contribution in [-0.2, 0) is 24.7 Å². The Bertz CT molecular complexity index is 677. The molecule has 0 aliphatic rings.